The average molecular weight is 254 g/mol. The average Bonchev–Trinajstić information content (AvgIpc) is 2.81. The van der Waals surface area contributed by atoms with Crippen molar-refractivity contribution in [3.8, 4) is 5.75 Å². The van der Waals surface area contributed by atoms with Gasteiger partial charge in [-0.15, -0.1) is 0 Å². The lowest BCUT2D eigenvalue weighted by atomic mass is 10.1. The van der Waals surface area contributed by atoms with Crippen LogP contribution in [0.3, 0.4) is 0 Å². The van der Waals surface area contributed by atoms with Crippen LogP contribution in [0.1, 0.15) is 5.69 Å². The van der Waals surface area contributed by atoms with Crippen LogP contribution in [0, 0.1) is 0 Å². The Bertz CT molecular complexity index is 775. The van der Waals surface area contributed by atoms with Crippen LogP contribution in [0.15, 0.2) is 37.0 Å². The summed E-state index contributed by atoms with van der Waals surface area (Å²) in [5, 5.41) is 2.06. The second kappa shape index (κ2) is 4.31. The van der Waals surface area contributed by atoms with Crippen molar-refractivity contribution in [2.75, 3.05) is 14.2 Å². The van der Waals surface area contributed by atoms with Crippen LogP contribution in [-0.2, 0) is 0 Å². The van der Waals surface area contributed by atoms with Gasteiger partial charge in [-0.3, -0.25) is 4.98 Å². The lowest BCUT2D eigenvalue weighted by molar-refractivity contribution is 0.190. The van der Waals surface area contributed by atoms with Gasteiger partial charge in [-0.05, 0) is 12.1 Å². The molecule has 0 atom stereocenters. The van der Waals surface area contributed by atoms with Crippen LogP contribution < -0.4 is 9.57 Å². The van der Waals surface area contributed by atoms with Gasteiger partial charge >= 0.3 is 0 Å². The van der Waals surface area contributed by atoms with Crippen molar-refractivity contribution in [3.63, 3.8) is 0 Å². The molecule has 0 fully saturated rings. The molecule has 0 saturated carbocycles. The standard InChI is InChI=1S/C15H14N2O2/c1-4-11-15-14(13(18-2)9-16-11)10-7-5-6-8-12(10)17(15)19-3/h4-9H,1H2,2-3H3. The first-order valence-corrected chi connectivity index (χ1v) is 5.95. The molecule has 4 heteroatoms. The molecule has 0 unspecified atom stereocenters. The van der Waals surface area contributed by atoms with E-state index >= 15 is 0 Å². The van der Waals surface area contributed by atoms with Crippen LogP contribution >= 0.6 is 0 Å². The molecule has 0 aliphatic rings. The lowest BCUT2D eigenvalue weighted by Gasteiger charge is -2.07. The molecular weight excluding hydrogens is 240 g/mol. The van der Waals surface area contributed by atoms with Crippen molar-refractivity contribution in [2.24, 2.45) is 0 Å². The van der Waals surface area contributed by atoms with Gasteiger partial charge in [0.25, 0.3) is 0 Å². The number of fused-ring (bicyclic) bond motifs is 3. The van der Waals surface area contributed by atoms with Gasteiger partial charge in [0, 0.05) is 5.39 Å². The molecule has 19 heavy (non-hydrogen) atoms. The summed E-state index contributed by atoms with van der Waals surface area (Å²) in [6.45, 7) is 3.81. The van der Waals surface area contributed by atoms with E-state index in [4.69, 9.17) is 9.57 Å². The van der Waals surface area contributed by atoms with Crippen LogP contribution in [0.5, 0.6) is 5.75 Å². The Hall–Kier alpha value is -2.49. The van der Waals surface area contributed by atoms with Gasteiger partial charge < -0.3 is 9.57 Å². The van der Waals surface area contributed by atoms with Crippen molar-refractivity contribution in [2.45, 2.75) is 0 Å². The summed E-state index contributed by atoms with van der Waals surface area (Å²) in [5.74, 6) is 0.729. The van der Waals surface area contributed by atoms with Crippen molar-refractivity contribution in [3.05, 3.63) is 42.7 Å². The summed E-state index contributed by atoms with van der Waals surface area (Å²) >= 11 is 0. The van der Waals surface area contributed by atoms with E-state index < -0.39 is 0 Å². The van der Waals surface area contributed by atoms with Gasteiger partial charge in [0.1, 0.15) is 18.4 Å². The van der Waals surface area contributed by atoms with Gasteiger partial charge in [-0.25, -0.2) is 0 Å². The lowest BCUT2D eigenvalue weighted by Crippen LogP contribution is -2.06. The highest BCUT2D eigenvalue weighted by molar-refractivity contribution is 6.12. The van der Waals surface area contributed by atoms with Gasteiger partial charge in [0.15, 0.2) is 0 Å². The summed E-state index contributed by atoms with van der Waals surface area (Å²) in [6.07, 6.45) is 3.43. The minimum absolute atomic E-state index is 0.729. The zero-order chi connectivity index (χ0) is 13.4. The monoisotopic (exact) mass is 254 g/mol. The Labute approximate surface area is 110 Å². The van der Waals surface area contributed by atoms with E-state index in [1.807, 2.05) is 24.3 Å². The quantitative estimate of drug-likeness (QED) is 0.721. The van der Waals surface area contributed by atoms with Gasteiger partial charge in [-0.2, -0.15) is 4.73 Å². The van der Waals surface area contributed by atoms with E-state index in [0.29, 0.717) is 0 Å². The molecule has 0 bridgehead atoms. The van der Waals surface area contributed by atoms with Gasteiger partial charge in [0.2, 0.25) is 0 Å². The largest absolute Gasteiger partial charge is 0.494 e. The van der Waals surface area contributed by atoms with E-state index in [9.17, 15) is 0 Å². The molecule has 0 aliphatic heterocycles. The van der Waals surface area contributed by atoms with Crippen molar-refractivity contribution >= 4 is 27.9 Å². The maximum Gasteiger partial charge on any atom is 0.147 e. The van der Waals surface area contributed by atoms with E-state index in [1.165, 1.54) is 0 Å². The first-order valence-electron chi connectivity index (χ1n) is 5.95. The third-order valence-electron chi connectivity index (χ3n) is 3.24. The Morgan fingerprint density at radius 2 is 2.05 bits per heavy atom. The molecule has 0 amide bonds. The highest BCUT2D eigenvalue weighted by Crippen LogP contribution is 2.36. The Morgan fingerprint density at radius 3 is 2.74 bits per heavy atom. The van der Waals surface area contributed by atoms with Crippen LogP contribution in [-0.4, -0.2) is 23.9 Å². The molecule has 0 radical (unpaired) electrons. The molecule has 2 aromatic heterocycles. The van der Waals surface area contributed by atoms with E-state index in [0.717, 1.165) is 33.2 Å². The Balaban J connectivity index is 2.63. The molecule has 0 spiro atoms. The minimum atomic E-state index is 0.729. The van der Waals surface area contributed by atoms with Gasteiger partial charge in [0.05, 0.1) is 29.9 Å². The number of para-hydroxylation sites is 1. The number of methoxy groups -OCH3 is 1. The fourth-order valence-electron chi connectivity index (χ4n) is 2.44. The third kappa shape index (κ3) is 1.50. The molecule has 0 N–H and O–H groups in total. The summed E-state index contributed by atoms with van der Waals surface area (Å²) in [5.41, 5.74) is 2.63. The maximum absolute atomic E-state index is 5.50. The van der Waals surface area contributed by atoms with E-state index in [1.54, 1.807) is 31.2 Å². The second-order valence-electron chi connectivity index (χ2n) is 4.13. The zero-order valence-corrected chi connectivity index (χ0v) is 10.9. The fraction of sp³-hybridized carbons (Fsp3) is 0.133. The SMILES string of the molecule is C=Cc1ncc(OC)c2c3ccccc3n(OC)c12. The van der Waals surface area contributed by atoms with Gasteiger partial charge in [-0.1, -0.05) is 24.8 Å². The summed E-state index contributed by atoms with van der Waals surface area (Å²) in [6, 6.07) is 8.02. The summed E-state index contributed by atoms with van der Waals surface area (Å²) < 4.78 is 7.19. The normalized spacial score (nSPS) is 10.8. The minimum Gasteiger partial charge on any atom is -0.494 e. The third-order valence-corrected chi connectivity index (χ3v) is 3.24. The Morgan fingerprint density at radius 1 is 1.26 bits per heavy atom. The highest BCUT2D eigenvalue weighted by atomic mass is 16.6. The highest BCUT2D eigenvalue weighted by Gasteiger charge is 2.17. The van der Waals surface area contributed by atoms with E-state index in [-0.39, 0.29) is 0 Å². The number of aromatic nitrogens is 2. The fourth-order valence-corrected chi connectivity index (χ4v) is 2.44. The molecule has 3 aromatic rings. The molecule has 4 nitrogen and oxygen atoms in total. The summed E-state index contributed by atoms with van der Waals surface area (Å²) in [4.78, 5) is 9.85. The topological polar surface area (TPSA) is 36.3 Å². The predicted molar refractivity (Wildman–Crippen MR) is 76.4 cm³/mol. The number of ether oxygens (including phenoxy) is 1. The molecule has 0 saturated heterocycles. The predicted octanol–water partition coefficient (Wildman–Crippen LogP) is 2.90. The number of nitrogens with zero attached hydrogens (tertiary/aromatic N) is 2. The first-order chi connectivity index (χ1) is 9.31. The zero-order valence-electron chi connectivity index (χ0n) is 10.9. The Kier molecular flexibility index (Phi) is 2.63. The molecule has 1 aromatic carbocycles. The summed E-state index contributed by atoms with van der Waals surface area (Å²) in [7, 11) is 3.28. The van der Waals surface area contributed by atoms with Crippen molar-refractivity contribution < 1.29 is 9.57 Å². The smallest absolute Gasteiger partial charge is 0.147 e. The maximum atomic E-state index is 5.50. The number of benzene rings is 1. The number of pyridine rings is 1. The molecule has 3 rings (SSSR count). The molecular formula is C15H14N2O2. The van der Waals surface area contributed by atoms with E-state index in [2.05, 4.69) is 11.6 Å². The van der Waals surface area contributed by atoms with Crippen LogP contribution in [0.25, 0.3) is 27.9 Å². The number of rotatable bonds is 3. The molecule has 2 heterocycles. The second-order valence-corrected chi connectivity index (χ2v) is 4.13. The molecule has 96 valence electrons. The molecule has 0 aliphatic carbocycles. The van der Waals surface area contributed by atoms with Crippen LogP contribution in [0.2, 0.25) is 0 Å². The number of hydrogen-bond donors (Lipinski definition) is 0. The first kappa shape index (κ1) is 11.6. The number of hydrogen-bond acceptors (Lipinski definition) is 3. The van der Waals surface area contributed by atoms with Crippen molar-refractivity contribution in [1.29, 1.82) is 0 Å². The van der Waals surface area contributed by atoms with Crippen LogP contribution in [0.4, 0.5) is 0 Å². The van der Waals surface area contributed by atoms with Crippen molar-refractivity contribution in [1.82, 2.24) is 9.71 Å².